The van der Waals surface area contributed by atoms with Crippen molar-refractivity contribution in [2.24, 2.45) is 5.92 Å². The van der Waals surface area contributed by atoms with E-state index in [1.807, 2.05) is 4.57 Å². The van der Waals surface area contributed by atoms with Gasteiger partial charge in [-0.2, -0.15) is 0 Å². The van der Waals surface area contributed by atoms with Crippen LogP contribution in [0.4, 0.5) is 0 Å². The highest BCUT2D eigenvalue weighted by Crippen LogP contribution is 2.14. The van der Waals surface area contributed by atoms with E-state index in [1.165, 1.54) is 0 Å². The Kier molecular flexibility index (Phi) is 2.59. The zero-order valence-corrected chi connectivity index (χ0v) is 6.81. The van der Waals surface area contributed by atoms with Gasteiger partial charge in [0.2, 0.25) is 0 Å². The number of hydrogen-bond acceptors (Lipinski definition) is 3. The van der Waals surface area contributed by atoms with Gasteiger partial charge >= 0.3 is 0 Å². The normalized spacial score (nSPS) is 13.8. The van der Waals surface area contributed by atoms with Gasteiger partial charge in [0.05, 0.1) is 12.6 Å². The lowest BCUT2D eigenvalue weighted by atomic mass is 10.1. The quantitative estimate of drug-likeness (QED) is 0.690. The summed E-state index contributed by atoms with van der Waals surface area (Å²) in [6.07, 6.45) is 3.25. The molecule has 62 valence electrons. The fraction of sp³-hybridized carbons (Fsp3) is 0.714. The van der Waals surface area contributed by atoms with Crippen LogP contribution >= 0.6 is 0 Å². The maximum absolute atomic E-state index is 8.99. The predicted octanol–water partition coefficient (Wildman–Crippen LogP) is 0.467. The zero-order chi connectivity index (χ0) is 8.27. The minimum Gasteiger partial charge on any atom is -0.394 e. The van der Waals surface area contributed by atoms with E-state index in [-0.39, 0.29) is 12.6 Å². The van der Waals surface area contributed by atoms with Gasteiger partial charge in [-0.05, 0) is 5.92 Å². The first-order valence-electron chi connectivity index (χ1n) is 3.70. The third-order valence-electron chi connectivity index (χ3n) is 1.78. The fourth-order valence-corrected chi connectivity index (χ4v) is 1.03. The molecule has 1 atom stereocenters. The van der Waals surface area contributed by atoms with Crippen LogP contribution in [0.25, 0.3) is 0 Å². The summed E-state index contributed by atoms with van der Waals surface area (Å²) in [6, 6.07) is 0.102. The zero-order valence-electron chi connectivity index (χ0n) is 6.81. The lowest BCUT2D eigenvalue weighted by Crippen LogP contribution is -2.17. The Labute approximate surface area is 65.9 Å². The van der Waals surface area contributed by atoms with E-state index in [9.17, 15) is 0 Å². The molecule has 0 aromatic carbocycles. The third kappa shape index (κ3) is 1.77. The Morgan fingerprint density at radius 2 is 1.91 bits per heavy atom. The lowest BCUT2D eigenvalue weighted by Gasteiger charge is -2.18. The number of rotatable bonds is 3. The molecule has 1 unspecified atom stereocenters. The molecule has 0 radical (unpaired) electrons. The van der Waals surface area contributed by atoms with Gasteiger partial charge in [0, 0.05) is 0 Å². The van der Waals surface area contributed by atoms with E-state index < -0.39 is 0 Å². The van der Waals surface area contributed by atoms with Crippen molar-refractivity contribution in [3.63, 3.8) is 0 Å². The summed E-state index contributed by atoms with van der Waals surface area (Å²) in [4.78, 5) is 0. The van der Waals surface area contributed by atoms with Gasteiger partial charge in [-0.3, -0.25) is 0 Å². The van der Waals surface area contributed by atoms with Crippen molar-refractivity contribution in [2.45, 2.75) is 19.9 Å². The molecule has 1 aromatic heterocycles. The average Bonchev–Trinajstić information content (AvgIpc) is 2.40. The van der Waals surface area contributed by atoms with E-state index in [4.69, 9.17) is 5.11 Å². The molecule has 0 bridgehead atoms. The van der Waals surface area contributed by atoms with Crippen LogP contribution in [0.15, 0.2) is 12.7 Å². The Hall–Kier alpha value is -0.900. The number of nitrogens with zero attached hydrogens (tertiary/aromatic N) is 3. The van der Waals surface area contributed by atoms with Crippen LogP contribution in [0.3, 0.4) is 0 Å². The molecular formula is C7H13N3O. The maximum atomic E-state index is 8.99. The summed E-state index contributed by atoms with van der Waals surface area (Å²) in [7, 11) is 0. The molecule has 0 amide bonds. The van der Waals surface area contributed by atoms with E-state index in [0.29, 0.717) is 5.92 Å². The maximum Gasteiger partial charge on any atom is 0.119 e. The van der Waals surface area contributed by atoms with Crippen LogP contribution in [0.2, 0.25) is 0 Å². The molecule has 0 aliphatic heterocycles. The van der Waals surface area contributed by atoms with E-state index in [1.54, 1.807) is 12.7 Å². The minimum atomic E-state index is 0.102. The second kappa shape index (κ2) is 3.48. The van der Waals surface area contributed by atoms with Crippen LogP contribution in [0.1, 0.15) is 19.9 Å². The van der Waals surface area contributed by atoms with Gasteiger partial charge in [0.15, 0.2) is 0 Å². The Morgan fingerprint density at radius 3 is 2.27 bits per heavy atom. The van der Waals surface area contributed by atoms with Crippen LogP contribution in [0, 0.1) is 5.92 Å². The van der Waals surface area contributed by atoms with Crippen molar-refractivity contribution in [3.05, 3.63) is 12.7 Å². The van der Waals surface area contributed by atoms with E-state index in [2.05, 4.69) is 24.0 Å². The first kappa shape index (κ1) is 8.20. The summed E-state index contributed by atoms with van der Waals surface area (Å²) in [5.41, 5.74) is 0. The Bertz CT molecular complexity index is 195. The molecule has 1 N–H and O–H groups in total. The van der Waals surface area contributed by atoms with Crippen molar-refractivity contribution in [1.82, 2.24) is 14.8 Å². The van der Waals surface area contributed by atoms with Gasteiger partial charge in [0.25, 0.3) is 0 Å². The van der Waals surface area contributed by atoms with Crippen LogP contribution in [-0.2, 0) is 0 Å². The molecule has 0 saturated carbocycles. The summed E-state index contributed by atoms with van der Waals surface area (Å²) >= 11 is 0. The highest BCUT2D eigenvalue weighted by Gasteiger charge is 2.12. The molecular weight excluding hydrogens is 142 g/mol. The highest BCUT2D eigenvalue weighted by atomic mass is 16.3. The molecule has 4 nitrogen and oxygen atoms in total. The monoisotopic (exact) mass is 155 g/mol. The second-order valence-electron chi connectivity index (χ2n) is 2.90. The minimum absolute atomic E-state index is 0.102. The fourth-order valence-electron chi connectivity index (χ4n) is 1.03. The van der Waals surface area contributed by atoms with Crippen molar-refractivity contribution in [1.29, 1.82) is 0 Å². The largest absolute Gasteiger partial charge is 0.394 e. The molecule has 0 fully saturated rings. The van der Waals surface area contributed by atoms with Gasteiger partial charge < -0.3 is 9.67 Å². The van der Waals surface area contributed by atoms with Gasteiger partial charge in [-0.1, -0.05) is 13.8 Å². The smallest absolute Gasteiger partial charge is 0.119 e. The van der Waals surface area contributed by atoms with Crippen molar-refractivity contribution < 1.29 is 5.11 Å². The number of aliphatic hydroxyl groups is 1. The molecule has 0 saturated heterocycles. The predicted molar refractivity (Wildman–Crippen MR) is 41.0 cm³/mol. The number of aromatic nitrogens is 3. The first-order valence-corrected chi connectivity index (χ1v) is 3.70. The van der Waals surface area contributed by atoms with E-state index in [0.717, 1.165) is 0 Å². The van der Waals surface area contributed by atoms with Crippen molar-refractivity contribution in [2.75, 3.05) is 6.61 Å². The molecule has 0 aliphatic rings. The molecule has 0 spiro atoms. The standard InChI is InChI=1S/C7H13N3O/c1-6(2)7(3-11)10-4-8-9-5-10/h4-7,11H,3H2,1-2H3. The molecule has 1 rings (SSSR count). The topological polar surface area (TPSA) is 50.9 Å². The van der Waals surface area contributed by atoms with Crippen LogP contribution < -0.4 is 0 Å². The van der Waals surface area contributed by atoms with Gasteiger partial charge in [-0.15, -0.1) is 10.2 Å². The molecule has 0 aliphatic carbocycles. The summed E-state index contributed by atoms with van der Waals surface area (Å²) in [5.74, 6) is 0.399. The first-order chi connectivity index (χ1) is 5.25. The highest BCUT2D eigenvalue weighted by molar-refractivity contribution is 4.73. The Balaban J connectivity index is 2.71. The molecule has 11 heavy (non-hydrogen) atoms. The average molecular weight is 155 g/mol. The number of hydrogen-bond donors (Lipinski definition) is 1. The number of aliphatic hydroxyl groups excluding tert-OH is 1. The van der Waals surface area contributed by atoms with Crippen molar-refractivity contribution >= 4 is 0 Å². The second-order valence-corrected chi connectivity index (χ2v) is 2.90. The molecule has 1 aromatic rings. The summed E-state index contributed by atoms with van der Waals surface area (Å²) < 4.78 is 1.82. The summed E-state index contributed by atoms with van der Waals surface area (Å²) in [5, 5.41) is 16.3. The third-order valence-corrected chi connectivity index (χ3v) is 1.78. The SMILES string of the molecule is CC(C)C(CO)n1cnnc1. The lowest BCUT2D eigenvalue weighted by molar-refractivity contribution is 0.192. The van der Waals surface area contributed by atoms with E-state index >= 15 is 0 Å². The Morgan fingerprint density at radius 1 is 1.36 bits per heavy atom. The van der Waals surface area contributed by atoms with Crippen molar-refractivity contribution in [3.8, 4) is 0 Å². The molecule has 4 heteroatoms. The van der Waals surface area contributed by atoms with Gasteiger partial charge in [0.1, 0.15) is 12.7 Å². The van der Waals surface area contributed by atoms with Gasteiger partial charge in [-0.25, -0.2) is 0 Å². The molecule has 1 heterocycles. The summed E-state index contributed by atoms with van der Waals surface area (Å²) in [6.45, 7) is 4.25. The van der Waals surface area contributed by atoms with Crippen LogP contribution in [0.5, 0.6) is 0 Å². The van der Waals surface area contributed by atoms with Crippen LogP contribution in [-0.4, -0.2) is 26.5 Å².